The highest BCUT2D eigenvalue weighted by Gasteiger charge is 2.39. The van der Waals surface area contributed by atoms with Crippen LogP contribution in [0, 0.1) is 0 Å². The maximum atomic E-state index is 12.7. The summed E-state index contributed by atoms with van der Waals surface area (Å²) in [5, 5.41) is 6.00. The Hall–Kier alpha value is -2.43. The van der Waals surface area contributed by atoms with Crippen molar-refractivity contribution in [2.24, 2.45) is 0 Å². The predicted molar refractivity (Wildman–Crippen MR) is 100 cm³/mol. The van der Waals surface area contributed by atoms with Crippen LogP contribution in [0.2, 0.25) is 0 Å². The number of carbonyl (C=O) groups excluding carboxylic acids is 1. The summed E-state index contributed by atoms with van der Waals surface area (Å²) in [6.45, 7) is 3.87. The highest BCUT2D eigenvalue weighted by atomic mass is 32.2. The Kier molecular flexibility index (Phi) is 6.21. The predicted octanol–water partition coefficient (Wildman–Crippen LogP) is 3.22. The van der Waals surface area contributed by atoms with Gasteiger partial charge >= 0.3 is 12.1 Å². The SMILES string of the molecule is CC(C)S(=O)(=O)c1ccc(CC(=O)N2CCCC(c3nnc(C(F)(F)F)o3)C2)cc1. The number of rotatable bonds is 5. The van der Waals surface area contributed by atoms with Crippen LogP contribution < -0.4 is 0 Å². The summed E-state index contributed by atoms with van der Waals surface area (Å²) in [6, 6.07) is 6.16. The molecule has 164 valence electrons. The van der Waals surface area contributed by atoms with Crippen LogP contribution >= 0.6 is 0 Å². The summed E-state index contributed by atoms with van der Waals surface area (Å²) >= 11 is 0. The van der Waals surface area contributed by atoms with Gasteiger partial charge in [0.05, 0.1) is 22.5 Å². The highest BCUT2D eigenvalue weighted by Crippen LogP contribution is 2.32. The number of hydrogen-bond donors (Lipinski definition) is 0. The maximum Gasteiger partial charge on any atom is 0.470 e. The lowest BCUT2D eigenvalue weighted by atomic mass is 9.97. The zero-order chi connectivity index (χ0) is 22.1. The number of halogens is 3. The second-order valence-corrected chi connectivity index (χ2v) is 10.0. The summed E-state index contributed by atoms with van der Waals surface area (Å²) in [5.41, 5.74) is 0.655. The van der Waals surface area contributed by atoms with E-state index < -0.39 is 33.1 Å². The van der Waals surface area contributed by atoms with Crippen molar-refractivity contribution in [2.75, 3.05) is 13.1 Å². The van der Waals surface area contributed by atoms with Crippen LogP contribution in [-0.2, 0) is 27.2 Å². The zero-order valence-corrected chi connectivity index (χ0v) is 17.3. The Bertz CT molecular complexity index is 1000. The van der Waals surface area contributed by atoms with Crippen molar-refractivity contribution < 1.29 is 30.8 Å². The van der Waals surface area contributed by atoms with E-state index in [-0.39, 0.29) is 29.7 Å². The van der Waals surface area contributed by atoms with Gasteiger partial charge in [0.25, 0.3) is 0 Å². The minimum absolute atomic E-state index is 0.0619. The van der Waals surface area contributed by atoms with Gasteiger partial charge in [0.1, 0.15) is 0 Å². The number of benzene rings is 1. The molecule has 1 aromatic carbocycles. The molecule has 1 saturated heterocycles. The Morgan fingerprint density at radius 2 is 1.90 bits per heavy atom. The van der Waals surface area contributed by atoms with Gasteiger partial charge in [-0.25, -0.2) is 8.42 Å². The van der Waals surface area contributed by atoms with E-state index in [0.29, 0.717) is 24.9 Å². The fourth-order valence-electron chi connectivity index (χ4n) is 3.27. The molecule has 11 heteroatoms. The molecule has 1 amide bonds. The van der Waals surface area contributed by atoms with Crippen molar-refractivity contribution in [2.45, 2.75) is 55.3 Å². The van der Waals surface area contributed by atoms with Gasteiger partial charge in [0.2, 0.25) is 11.8 Å². The molecule has 2 aromatic rings. The molecule has 1 aliphatic heterocycles. The molecule has 1 unspecified atom stereocenters. The number of hydrogen-bond acceptors (Lipinski definition) is 6. The molecule has 1 aliphatic rings. The number of carbonyl (C=O) groups is 1. The summed E-state index contributed by atoms with van der Waals surface area (Å²) in [5.74, 6) is -2.17. The summed E-state index contributed by atoms with van der Waals surface area (Å²) < 4.78 is 67.1. The standard InChI is InChI=1S/C19H22F3N3O4S/c1-12(2)30(27,28)15-7-5-13(6-8-15)10-16(26)25-9-3-4-14(11-25)17-23-24-18(29-17)19(20,21)22/h5-8,12,14H,3-4,9-11H2,1-2H3. The third-order valence-corrected chi connectivity index (χ3v) is 7.20. The number of piperidine rings is 1. The van der Waals surface area contributed by atoms with E-state index in [4.69, 9.17) is 4.42 Å². The monoisotopic (exact) mass is 445 g/mol. The van der Waals surface area contributed by atoms with Crippen molar-refractivity contribution in [3.8, 4) is 0 Å². The fourth-order valence-corrected chi connectivity index (χ4v) is 4.33. The van der Waals surface area contributed by atoms with Crippen molar-refractivity contribution in [1.82, 2.24) is 15.1 Å². The molecule has 2 heterocycles. The molecular weight excluding hydrogens is 423 g/mol. The first-order valence-corrected chi connectivity index (χ1v) is 11.0. The van der Waals surface area contributed by atoms with Crippen LogP contribution in [0.25, 0.3) is 0 Å². The molecule has 1 atom stereocenters. The summed E-state index contributed by atoms with van der Waals surface area (Å²) in [6.07, 6.45) is -3.49. The topological polar surface area (TPSA) is 93.4 Å². The number of alkyl halides is 3. The van der Waals surface area contributed by atoms with Crippen molar-refractivity contribution in [1.29, 1.82) is 0 Å². The van der Waals surface area contributed by atoms with Crippen LogP contribution in [0.15, 0.2) is 33.6 Å². The molecule has 1 fully saturated rings. The molecule has 7 nitrogen and oxygen atoms in total. The molecule has 1 aromatic heterocycles. The summed E-state index contributed by atoms with van der Waals surface area (Å²) in [4.78, 5) is 14.4. The lowest BCUT2D eigenvalue weighted by molar-refractivity contribution is -0.157. The van der Waals surface area contributed by atoms with Gasteiger partial charge < -0.3 is 9.32 Å². The van der Waals surface area contributed by atoms with Gasteiger partial charge in [0, 0.05) is 13.1 Å². The lowest BCUT2D eigenvalue weighted by Crippen LogP contribution is -2.40. The molecule has 0 saturated carbocycles. The molecular formula is C19H22F3N3O4S. The molecule has 0 radical (unpaired) electrons. The van der Waals surface area contributed by atoms with Gasteiger partial charge in [0.15, 0.2) is 9.84 Å². The number of amides is 1. The molecule has 0 spiro atoms. The molecule has 0 bridgehead atoms. The first-order chi connectivity index (χ1) is 14.0. The smallest absolute Gasteiger partial charge is 0.417 e. The average Bonchev–Trinajstić information content (AvgIpc) is 3.19. The van der Waals surface area contributed by atoms with Gasteiger partial charge in [-0.3, -0.25) is 4.79 Å². The Morgan fingerprint density at radius 3 is 2.47 bits per heavy atom. The first-order valence-electron chi connectivity index (χ1n) is 9.49. The van der Waals surface area contributed by atoms with Crippen LogP contribution in [0.3, 0.4) is 0 Å². The maximum absolute atomic E-state index is 12.7. The Labute approximate surface area is 172 Å². The number of aromatic nitrogens is 2. The molecule has 30 heavy (non-hydrogen) atoms. The van der Waals surface area contributed by atoms with Crippen molar-refractivity contribution in [3.05, 3.63) is 41.6 Å². The van der Waals surface area contributed by atoms with Crippen LogP contribution in [0.1, 0.15) is 50.0 Å². The van der Waals surface area contributed by atoms with E-state index in [0.717, 1.165) is 0 Å². The van der Waals surface area contributed by atoms with Crippen molar-refractivity contribution >= 4 is 15.7 Å². The third-order valence-electron chi connectivity index (χ3n) is 5.03. The second kappa shape index (κ2) is 8.37. The minimum atomic E-state index is -4.70. The quantitative estimate of drug-likeness (QED) is 0.702. The van der Waals surface area contributed by atoms with Gasteiger partial charge in [-0.2, -0.15) is 13.2 Å². The van der Waals surface area contributed by atoms with E-state index in [1.165, 1.54) is 12.1 Å². The van der Waals surface area contributed by atoms with Gasteiger partial charge in [-0.1, -0.05) is 12.1 Å². The normalized spacial score (nSPS) is 18.1. The number of nitrogens with zero attached hydrogens (tertiary/aromatic N) is 3. The molecule has 0 aliphatic carbocycles. The van der Waals surface area contributed by atoms with E-state index in [2.05, 4.69) is 10.2 Å². The van der Waals surface area contributed by atoms with E-state index in [1.807, 2.05) is 0 Å². The van der Waals surface area contributed by atoms with Crippen LogP contribution in [0.5, 0.6) is 0 Å². The van der Waals surface area contributed by atoms with Crippen molar-refractivity contribution in [3.63, 3.8) is 0 Å². The summed E-state index contributed by atoms with van der Waals surface area (Å²) in [7, 11) is -3.39. The number of sulfone groups is 1. The van der Waals surface area contributed by atoms with Gasteiger partial charge in [-0.15, -0.1) is 10.2 Å². The van der Waals surface area contributed by atoms with Crippen LogP contribution in [0.4, 0.5) is 13.2 Å². The zero-order valence-electron chi connectivity index (χ0n) is 16.5. The van der Waals surface area contributed by atoms with E-state index in [1.54, 1.807) is 30.9 Å². The minimum Gasteiger partial charge on any atom is -0.417 e. The van der Waals surface area contributed by atoms with Crippen LogP contribution in [-0.4, -0.2) is 47.8 Å². The molecule has 0 N–H and O–H groups in total. The fraction of sp³-hybridized carbons (Fsp3) is 0.526. The average molecular weight is 445 g/mol. The Morgan fingerprint density at radius 1 is 1.23 bits per heavy atom. The third kappa shape index (κ3) is 4.82. The van der Waals surface area contributed by atoms with E-state index in [9.17, 15) is 26.4 Å². The largest absolute Gasteiger partial charge is 0.470 e. The lowest BCUT2D eigenvalue weighted by Gasteiger charge is -2.31. The second-order valence-electron chi connectivity index (χ2n) is 7.54. The van der Waals surface area contributed by atoms with Gasteiger partial charge in [-0.05, 0) is 44.4 Å². The number of likely N-dealkylation sites (tertiary alicyclic amines) is 1. The highest BCUT2D eigenvalue weighted by molar-refractivity contribution is 7.92. The Balaban J connectivity index is 1.65. The van der Waals surface area contributed by atoms with E-state index >= 15 is 0 Å². The molecule has 3 rings (SSSR count). The first kappa shape index (κ1) is 22.3.